The van der Waals surface area contributed by atoms with Crippen LogP contribution in [0.3, 0.4) is 0 Å². The SMILES string of the molecule is CC=CC1C(C)(C)C1(Cc1c(F)c(F)cc(F)c1F)C(=O)O. The molecule has 0 amide bonds. The summed E-state index contributed by atoms with van der Waals surface area (Å²) in [4.78, 5) is 11.7. The van der Waals surface area contributed by atoms with E-state index in [1.54, 1.807) is 32.9 Å². The number of aliphatic carboxylic acids is 1. The summed E-state index contributed by atoms with van der Waals surface area (Å²) >= 11 is 0. The molecule has 1 aliphatic carbocycles. The van der Waals surface area contributed by atoms with E-state index < -0.39 is 58.0 Å². The van der Waals surface area contributed by atoms with Crippen LogP contribution in [0, 0.1) is 40.0 Å². The number of halogens is 4. The van der Waals surface area contributed by atoms with Gasteiger partial charge in [0.15, 0.2) is 23.3 Å². The highest BCUT2D eigenvalue weighted by molar-refractivity contribution is 5.82. The summed E-state index contributed by atoms with van der Waals surface area (Å²) in [5.74, 6) is -7.87. The minimum atomic E-state index is -1.54. The number of hydrogen-bond donors (Lipinski definition) is 1. The van der Waals surface area contributed by atoms with Crippen molar-refractivity contribution >= 4 is 5.97 Å². The minimum Gasteiger partial charge on any atom is -0.481 e. The fourth-order valence-electron chi connectivity index (χ4n) is 3.37. The van der Waals surface area contributed by atoms with Crippen LogP contribution in [0.15, 0.2) is 18.2 Å². The quantitative estimate of drug-likeness (QED) is 0.516. The van der Waals surface area contributed by atoms with Gasteiger partial charge in [-0.25, -0.2) is 17.6 Å². The average molecular weight is 316 g/mol. The van der Waals surface area contributed by atoms with Crippen molar-refractivity contribution in [3.8, 4) is 0 Å². The van der Waals surface area contributed by atoms with Gasteiger partial charge < -0.3 is 5.11 Å². The summed E-state index contributed by atoms with van der Waals surface area (Å²) in [6.07, 6.45) is 2.67. The van der Waals surface area contributed by atoms with Gasteiger partial charge in [-0.1, -0.05) is 26.0 Å². The molecule has 1 saturated carbocycles. The molecule has 0 aliphatic heterocycles. The van der Waals surface area contributed by atoms with Gasteiger partial charge in [-0.15, -0.1) is 0 Å². The van der Waals surface area contributed by atoms with Crippen molar-refractivity contribution in [2.24, 2.45) is 16.7 Å². The number of carboxylic acid groups (broad SMARTS) is 1. The zero-order chi connectivity index (χ0) is 16.9. The Morgan fingerprint density at radius 1 is 1.23 bits per heavy atom. The molecule has 1 aromatic carbocycles. The highest BCUT2D eigenvalue weighted by Gasteiger charge is 2.74. The zero-order valence-electron chi connectivity index (χ0n) is 12.4. The lowest BCUT2D eigenvalue weighted by atomic mass is 9.88. The van der Waals surface area contributed by atoms with Crippen LogP contribution in [-0.4, -0.2) is 11.1 Å². The van der Waals surface area contributed by atoms with Gasteiger partial charge in [-0.3, -0.25) is 4.79 Å². The molecule has 2 nitrogen and oxygen atoms in total. The van der Waals surface area contributed by atoms with Gasteiger partial charge >= 0.3 is 5.97 Å². The fourth-order valence-corrected chi connectivity index (χ4v) is 3.37. The van der Waals surface area contributed by atoms with E-state index in [1.807, 2.05) is 0 Å². The molecular formula is C16H16F4O2. The molecule has 0 heterocycles. The smallest absolute Gasteiger partial charge is 0.311 e. The van der Waals surface area contributed by atoms with E-state index in [2.05, 4.69) is 0 Å². The van der Waals surface area contributed by atoms with Crippen molar-refractivity contribution in [2.75, 3.05) is 0 Å². The van der Waals surface area contributed by atoms with Gasteiger partial charge in [-0.05, 0) is 24.7 Å². The molecule has 1 N–H and O–H groups in total. The highest BCUT2D eigenvalue weighted by Crippen LogP contribution is 2.71. The van der Waals surface area contributed by atoms with E-state index >= 15 is 0 Å². The van der Waals surface area contributed by atoms with Crippen molar-refractivity contribution in [3.05, 3.63) is 47.1 Å². The minimum absolute atomic E-state index is 0.114. The standard InChI is InChI=1S/C16H16F4O2/c1-4-5-11-15(2,3)16(11,14(21)22)7-8-12(19)9(17)6-10(18)13(8)20/h4-6,11H,7H2,1-3H3,(H,21,22). The van der Waals surface area contributed by atoms with E-state index in [1.165, 1.54) is 0 Å². The van der Waals surface area contributed by atoms with Gasteiger partial charge in [0.1, 0.15) is 0 Å². The summed E-state index contributed by atoms with van der Waals surface area (Å²) in [5, 5.41) is 9.55. The molecule has 0 saturated heterocycles. The Bertz CT molecular complexity index is 640. The molecule has 2 atom stereocenters. The van der Waals surface area contributed by atoms with Crippen LogP contribution in [0.2, 0.25) is 0 Å². The molecule has 2 unspecified atom stereocenters. The molecule has 1 aliphatic rings. The Morgan fingerprint density at radius 2 is 1.73 bits per heavy atom. The maximum atomic E-state index is 13.8. The Labute approximate surface area is 125 Å². The first kappa shape index (κ1) is 16.5. The molecule has 1 aromatic rings. The molecule has 0 spiro atoms. The first-order valence-corrected chi connectivity index (χ1v) is 6.79. The van der Waals surface area contributed by atoms with Crippen molar-refractivity contribution in [3.63, 3.8) is 0 Å². The third-order valence-corrected chi connectivity index (χ3v) is 4.80. The van der Waals surface area contributed by atoms with Gasteiger partial charge in [0.25, 0.3) is 0 Å². The van der Waals surface area contributed by atoms with Crippen LogP contribution in [0.1, 0.15) is 26.3 Å². The molecule has 120 valence electrons. The number of rotatable bonds is 4. The lowest BCUT2D eigenvalue weighted by Crippen LogP contribution is -2.26. The summed E-state index contributed by atoms with van der Waals surface area (Å²) in [5.41, 5.74) is -3.14. The van der Waals surface area contributed by atoms with Crippen molar-refractivity contribution in [1.29, 1.82) is 0 Å². The molecule has 22 heavy (non-hydrogen) atoms. The molecule has 0 aromatic heterocycles. The van der Waals surface area contributed by atoms with Crippen molar-refractivity contribution < 1.29 is 27.5 Å². The highest BCUT2D eigenvalue weighted by atomic mass is 19.2. The van der Waals surface area contributed by atoms with E-state index in [-0.39, 0.29) is 6.07 Å². The molecular weight excluding hydrogens is 300 g/mol. The van der Waals surface area contributed by atoms with Crippen molar-refractivity contribution in [1.82, 2.24) is 0 Å². The van der Waals surface area contributed by atoms with E-state index in [0.29, 0.717) is 0 Å². The van der Waals surface area contributed by atoms with Gasteiger partial charge in [-0.2, -0.15) is 0 Å². The number of carbonyl (C=O) groups is 1. The van der Waals surface area contributed by atoms with E-state index in [0.717, 1.165) is 0 Å². The fraction of sp³-hybridized carbons (Fsp3) is 0.438. The topological polar surface area (TPSA) is 37.3 Å². The summed E-state index contributed by atoms with van der Waals surface area (Å²) in [7, 11) is 0. The molecule has 0 bridgehead atoms. The Balaban J connectivity index is 2.56. The molecule has 0 radical (unpaired) electrons. The van der Waals surface area contributed by atoms with Gasteiger partial charge in [0, 0.05) is 11.6 Å². The Morgan fingerprint density at radius 3 is 2.14 bits per heavy atom. The maximum Gasteiger partial charge on any atom is 0.311 e. The monoisotopic (exact) mass is 316 g/mol. The van der Waals surface area contributed by atoms with Crippen LogP contribution in [0.5, 0.6) is 0 Å². The number of hydrogen-bond acceptors (Lipinski definition) is 1. The second kappa shape index (κ2) is 5.11. The normalized spacial score (nSPS) is 26.4. The lowest BCUT2D eigenvalue weighted by molar-refractivity contribution is -0.145. The van der Waals surface area contributed by atoms with E-state index in [9.17, 15) is 27.5 Å². The summed E-state index contributed by atoms with van der Waals surface area (Å²) in [6, 6.07) is 0.114. The van der Waals surface area contributed by atoms with Crippen LogP contribution in [-0.2, 0) is 11.2 Å². The Hall–Kier alpha value is -1.85. The van der Waals surface area contributed by atoms with Gasteiger partial charge in [0.2, 0.25) is 0 Å². The molecule has 6 heteroatoms. The van der Waals surface area contributed by atoms with Crippen LogP contribution in [0.4, 0.5) is 17.6 Å². The number of allylic oxidation sites excluding steroid dienone is 2. The molecule has 1 fully saturated rings. The lowest BCUT2D eigenvalue weighted by Gasteiger charge is -2.17. The summed E-state index contributed by atoms with van der Waals surface area (Å²) in [6.45, 7) is 5.00. The predicted molar refractivity (Wildman–Crippen MR) is 72.1 cm³/mol. The predicted octanol–water partition coefficient (Wildman–Crippen LogP) is 4.09. The summed E-state index contributed by atoms with van der Waals surface area (Å²) < 4.78 is 54.3. The average Bonchev–Trinajstić information content (AvgIpc) is 2.90. The maximum absolute atomic E-state index is 13.8. The second-order valence-electron chi connectivity index (χ2n) is 6.13. The first-order valence-electron chi connectivity index (χ1n) is 6.79. The van der Waals surface area contributed by atoms with E-state index in [4.69, 9.17) is 0 Å². The third-order valence-electron chi connectivity index (χ3n) is 4.80. The number of carboxylic acids is 1. The third kappa shape index (κ3) is 2.04. The second-order valence-corrected chi connectivity index (χ2v) is 6.13. The van der Waals surface area contributed by atoms with Gasteiger partial charge in [0.05, 0.1) is 5.41 Å². The van der Waals surface area contributed by atoms with Crippen molar-refractivity contribution in [2.45, 2.75) is 27.2 Å². The van der Waals surface area contributed by atoms with Crippen LogP contribution >= 0.6 is 0 Å². The van der Waals surface area contributed by atoms with Crippen LogP contribution < -0.4 is 0 Å². The number of benzene rings is 1. The first-order chi connectivity index (χ1) is 10.1. The molecule has 2 rings (SSSR count). The largest absolute Gasteiger partial charge is 0.481 e. The van der Waals surface area contributed by atoms with Crippen LogP contribution in [0.25, 0.3) is 0 Å². The Kier molecular flexibility index (Phi) is 3.83. The zero-order valence-corrected chi connectivity index (χ0v) is 12.4.